The van der Waals surface area contributed by atoms with E-state index in [1.165, 1.54) is 16.7 Å². The summed E-state index contributed by atoms with van der Waals surface area (Å²) in [5, 5.41) is 12.4. The lowest BCUT2D eigenvalue weighted by molar-refractivity contribution is 0.208. The number of halogens is 1. The van der Waals surface area contributed by atoms with Gasteiger partial charge in [-0.05, 0) is 73.9 Å². The van der Waals surface area contributed by atoms with Gasteiger partial charge in [0, 0.05) is 36.8 Å². The summed E-state index contributed by atoms with van der Waals surface area (Å²) in [6, 6.07) is 13.3. The zero-order chi connectivity index (χ0) is 23.5. The van der Waals surface area contributed by atoms with Gasteiger partial charge in [0.1, 0.15) is 5.75 Å². The highest BCUT2D eigenvalue weighted by Gasteiger charge is 2.23. The molecular formula is C25H28ClN5O2. The molecule has 1 aromatic heterocycles. The first-order chi connectivity index (χ1) is 15.9. The van der Waals surface area contributed by atoms with Gasteiger partial charge in [-0.15, -0.1) is 10.2 Å². The molecule has 1 saturated heterocycles. The number of nitrogens with one attached hydrogen (secondary N) is 1. The van der Waals surface area contributed by atoms with Crippen molar-refractivity contribution in [2.45, 2.75) is 20.8 Å². The van der Waals surface area contributed by atoms with Gasteiger partial charge in [-0.25, -0.2) is 4.79 Å². The van der Waals surface area contributed by atoms with Crippen molar-refractivity contribution in [3.8, 4) is 17.0 Å². The van der Waals surface area contributed by atoms with Gasteiger partial charge in [0.05, 0.1) is 18.5 Å². The SMILES string of the molecule is COc1ccc(Cl)cc1NC(=O)N1CCN(c2ccc(-c3cc(C)c(C)cc3C)nn2)CC1. The highest BCUT2D eigenvalue weighted by molar-refractivity contribution is 6.31. The van der Waals surface area contributed by atoms with Crippen molar-refractivity contribution in [1.82, 2.24) is 15.1 Å². The third-order valence-corrected chi connectivity index (χ3v) is 6.30. The first-order valence-corrected chi connectivity index (χ1v) is 11.3. The molecule has 0 atom stereocenters. The number of piperazine rings is 1. The quantitative estimate of drug-likeness (QED) is 0.581. The third-order valence-electron chi connectivity index (χ3n) is 6.06. The van der Waals surface area contributed by atoms with Gasteiger partial charge in [-0.3, -0.25) is 0 Å². The lowest BCUT2D eigenvalue weighted by Gasteiger charge is -2.35. The molecule has 2 aromatic carbocycles. The fourth-order valence-electron chi connectivity index (χ4n) is 3.98. The van der Waals surface area contributed by atoms with Crippen molar-refractivity contribution in [3.05, 3.63) is 64.2 Å². The predicted molar refractivity (Wildman–Crippen MR) is 132 cm³/mol. The maximum absolute atomic E-state index is 12.7. The number of urea groups is 1. The van der Waals surface area contributed by atoms with Crippen molar-refractivity contribution >= 4 is 29.1 Å². The second kappa shape index (κ2) is 9.67. The average Bonchev–Trinajstić information content (AvgIpc) is 2.82. The Kier molecular flexibility index (Phi) is 6.70. The number of carbonyl (C=O) groups is 1. The molecule has 0 spiro atoms. The molecule has 33 heavy (non-hydrogen) atoms. The van der Waals surface area contributed by atoms with E-state index in [4.69, 9.17) is 16.3 Å². The molecular weight excluding hydrogens is 438 g/mol. The fraction of sp³-hybridized carbons (Fsp3) is 0.320. The van der Waals surface area contributed by atoms with E-state index in [-0.39, 0.29) is 6.03 Å². The van der Waals surface area contributed by atoms with E-state index in [1.807, 2.05) is 12.1 Å². The number of aromatic nitrogens is 2. The van der Waals surface area contributed by atoms with Crippen molar-refractivity contribution in [3.63, 3.8) is 0 Å². The Labute approximate surface area is 199 Å². The van der Waals surface area contributed by atoms with Crippen LogP contribution in [0.25, 0.3) is 11.3 Å². The maximum atomic E-state index is 12.7. The molecule has 0 aliphatic carbocycles. The topological polar surface area (TPSA) is 70.6 Å². The van der Waals surface area contributed by atoms with Crippen molar-refractivity contribution in [2.75, 3.05) is 43.5 Å². The van der Waals surface area contributed by atoms with Gasteiger partial charge in [0.2, 0.25) is 0 Å². The Morgan fingerprint density at radius 2 is 1.67 bits per heavy atom. The third kappa shape index (κ3) is 5.03. The molecule has 3 aromatic rings. The average molecular weight is 466 g/mol. The number of rotatable bonds is 4. The zero-order valence-corrected chi connectivity index (χ0v) is 20.1. The molecule has 8 heteroatoms. The van der Waals surface area contributed by atoms with Crippen LogP contribution < -0.4 is 15.0 Å². The number of methoxy groups -OCH3 is 1. The minimum atomic E-state index is -0.179. The summed E-state index contributed by atoms with van der Waals surface area (Å²) in [7, 11) is 1.56. The normalized spacial score (nSPS) is 13.7. The second-order valence-corrected chi connectivity index (χ2v) is 8.71. The van der Waals surface area contributed by atoms with Gasteiger partial charge in [-0.2, -0.15) is 0 Å². The van der Waals surface area contributed by atoms with Crippen LogP contribution in [-0.2, 0) is 0 Å². The van der Waals surface area contributed by atoms with Crippen LogP contribution in [0.3, 0.4) is 0 Å². The second-order valence-electron chi connectivity index (χ2n) is 8.28. The summed E-state index contributed by atoms with van der Waals surface area (Å²) < 4.78 is 5.31. The minimum absolute atomic E-state index is 0.179. The summed E-state index contributed by atoms with van der Waals surface area (Å²) in [4.78, 5) is 16.7. The van der Waals surface area contributed by atoms with E-state index < -0.39 is 0 Å². The Bertz CT molecular complexity index is 1160. The van der Waals surface area contributed by atoms with Gasteiger partial charge >= 0.3 is 6.03 Å². The van der Waals surface area contributed by atoms with Crippen molar-refractivity contribution in [2.24, 2.45) is 0 Å². The van der Waals surface area contributed by atoms with Crippen molar-refractivity contribution < 1.29 is 9.53 Å². The van der Waals surface area contributed by atoms with Gasteiger partial charge in [-0.1, -0.05) is 17.7 Å². The van der Waals surface area contributed by atoms with Crippen LogP contribution in [0, 0.1) is 20.8 Å². The standard InChI is InChI=1S/C25H28ClN5O2/c1-16-13-18(3)20(14-17(16)2)21-6-8-24(29-28-21)30-9-11-31(12-10-30)25(32)27-22-15-19(26)5-7-23(22)33-4/h5-8,13-15H,9-12H2,1-4H3,(H,27,32). The number of hydrogen-bond donors (Lipinski definition) is 1. The molecule has 1 fully saturated rings. The Balaban J connectivity index is 1.39. The number of carbonyl (C=O) groups excluding carboxylic acids is 1. The summed E-state index contributed by atoms with van der Waals surface area (Å²) in [6.45, 7) is 8.83. The van der Waals surface area contributed by atoms with Crippen LogP contribution >= 0.6 is 11.6 Å². The highest BCUT2D eigenvalue weighted by atomic mass is 35.5. The number of nitrogens with zero attached hydrogens (tertiary/aromatic N) is 4. The van der Waals surface area contributed by atoms with Crippen LogP contribution in [0.15, 0.2) is 42.5 Å². The van der Waals surface area contributed by atoms with Crippen LogP contribution in [0.2, 0.25) is 5.02 Å². The number of anilines is 2. The first-order valence-electron chi connectivity index (χ1n) is 10.9. The number of amides is 2. The lowest BCUT2D eigenvalue weighted by Crippen LogP contribution is -2.50. The molecule has 0 unspecified atom stereocenters. The number of benzene rings is 2. The van der Waals surface area contributed by atoms with Crippen molar-refractivity contribution in [1.29, 1.82) is 0 Å². The molecule has 2 amide bonds. The molecule has 0 bridgehead atoms. The summed E-state index contributed by atoms with van der Waals surface area (Å²) in [6.07, 6.45) is 0. The predicted octanol–water partition coefficient (Wildman–Crippen LogP) is 5.08. The van der Waals surface area contributed by atoms with E-state index >= 15 is 0 Å². The monoisotopic (exact) mass is 465 g/mol. The van der Waals surface area contributed by atoms with E-state index in [0.717, 1.165) is 17.1 Å². The van der Waals surface area contributed by atoms with E-state index in [0.29, 0.717) is 42.6 Å². The van der Waals surface area contributed by atoms with E-state index in [1.54, 1.807) is 30.2 Å². The Hall–Kier alpha value is -3.32. The molecule has 7 nitrogen and oxygen atoms in total. The molecule has 0 radical (unpaired) electrons. The van der Waals surface area contributed by atoms with Gasteiger partial charge < -0.3 is 19.9 Å². The fourth-order valence-corrected chi connectivity index (χ4v) is 4.16. The lowest BCUT2D eigenvalue weighted by atomic mass is 9.99. The highest BCUT2D eigenvalue weighted by Crippen LogP contribution is 2.28. The number of ether oxygens (including phenoxy) is 1. The smallest absolute Gasteiger partial charge is 0.322 e. The van der Waals surface area contributed by atoms with Crippen LogP contribution in [0.5, 0.6) is 5.75 Å². The molecule has 1 aliphatic rings. The zero-order valence-electron chi connectivity index (χ0n) is 19.4. The molecule has 2 heterocycles. The largest absolute Gasteiger partial charge is 0.495 e. The molecule has 1 N–H and O–H groups in total. The van der Waals surface area contributed by atoms with Crippen LogP contribution in [-0.4, -0.2) is 54.4 Å². The Morgan fingerprint density at radius 1 is 0.939 bits per heavy atom. The first kappa shape index (κ1) is 22.9. The van der Waals surface area contributed by atoms with E-state index in [9.17, 15) is 4.79 Å². The molecule has 0 saturated carbocycles. The Morgan fingerprint density at radius 3 is 2.33 bits per heavy atom. The van der Waals surface area contributed by atoms with Crippen LogP contribution in [0.1, 0.15) is 16.7 Å². The van der Waals surface area contributed by atoms with E-state index in [2.05, 4.69) is 53.3 Å². The van der Waals surface area contributed by atoms with Gasteiger partial charge in [0.15, 0.2) is 5.82 Å². The summed E-state index contributed by atoms with van der Waals surface area (Å²) in [5.74, 6) is 1.39. The molecule has 172 valence electrons. The number of hydrogen-bond acceptors (Lipinski definition) is 5. The summed E-state index contributed by atoms with van der Waals surface area (Å²) >= 11 is 6.06. The van der Waals surface area contributed by atoms with Crippen LogP contribution in [0.4, 0.5) is 16.3 Å². The molecule has 4 rings (SSSR count). The summed E-state index contributed by atoms with van der Waals surface area (Å²) in [5.41, 5.74) is 6.24. The minimum Gasteiger partial charge on any atom is -0.495 e. The van der Waals surface area contributed by atoms with Gasteiger partial charge in [0.25, 0.3) is 0 Å². The molecule has 1 aliphatic heterocycles. The number of aryl methyl sites for hydroxylation is 3. The maximum Gasteiger partial charge on any atom is 0.322 e.